The zero-order chi connectivity index (χ0) is 14.0. The Bertz CT molecular complexity index is 313. The molecule has 0 aliphatic rings. The molecule has 0 spiro atoms. The first-order valence-corrected chi connectivity index (χ1v) is 5.48. The van der Waals surface area contributed by atoms with Crippen molar-refractivity contribution in [3.05, 3.63) is 0 Å². The SMILES string of the molecule is COCCOCC(=O)N[C@H](C(=O)O)[C@@H](C)CC#N. The van der Waals surface area contributed by atoms with E-state index in [9.17, 15) is 9.59 Å². The highest BCUT2D eigenvalue weighted by Crippen LogP contribution is 2.07. The quantitative estimate of drug-likeness (QED) is 0.553. The molecule has 2 N–H and O–H groups in total. The molecule has 0 aromatic heterocycles. The van der Waals surface area contributed by atoms with Crippen molar-refractivity contribution in [2.24, 2.45) is 5.92 Å². The van der Waals surface area contributed by atoms with E-state index < -0.39 is 23.8 Å². The standard InChI is InChI=1S/C11H18N2O5/c1-8(3-4-12)10(11(15)16)13-9(14)7-18-6-5-17-2/h8,10H,3,5-7H2,1-2H3,(H,13,14)(H,15,16)/t8-,10-/m0/s1. The first-order chi connectivity index (χ1) is 8.52. The molecule has 0 aromatic carbocycles. The van der Waals surface area contributed by atoms with E-state index in [0.717, 1.165) is 0 Å². The third-order valence-corrected chi connectivity index (χ3v) is 2.23. The maximum Gasteiger partial charge on any atom is 0.326 e. The van der Waals surface area contributed by atoms with Crippen molar-refractivity contribution in [1.82, 2.24) is 5.32 Å². The Balaban J connectivity index is 4.13. The van der Waals surface area contributed by atoms with Crippen LogP contribution in [0.15, 0.2) is 0 Å². The van der Waals surface area contributed by atoms with Gasteiger partial charge in [-0.1, -0.05) is 6.92 Å². The van der Waals surface area contributed by atoms with E-state index in [2.05, 4.69) is 5.32 Å². The summed E-state index contributed by atoms with van der Waals surface area (Å²) in [5, 5.41) is 19.8. The Morgan fingerprint density at radius 1 is 1.44 bits per heavy atom. The number of aliphatic carboxylic acids is 1. The number of methoxy groups -OCH3 is 1. The summed E-state index contributed by atoms with van der Waals surface area (Å²) in [5.41, 5.74) is 0. The highest BCUT2D eigenvalue weighted by atomic mass is 16.5. The first kappa shape index (κ1) is 16.4. The molecule has 18 heavy (non-hydrogen) atoms. The van der Waals surface area contributed by atoms with E-state index in [1.54, 1.807) is 6.92 Å². The Morgan fingerprint density at radius 3 is 2.61 bits per heavy atom. The molecule has 0 radical (unpaired) electrons. The van der Waals surface area contributed by atoms with E-state index in [1.807, 2.05) is 6.07 Å². The van der Waals surface area contributed by atoms with Crippen molar-refractivity contribution in [1.29, 1.82) is 5.26 Å². The topological polar surface area (TPSA) is 109 Å². The second-order valence-electron chi connectivity index (χ2n) is 3.77. The number of nitrogens with zero attached hydrogens (tertiary/aromatic N) is 1. The molecule has 1 amide bonds. The maximum absolute atomic E-state index is 11.4. The van der Waals surface area contributed by atoms with Gasteiger partial charge >= 0.3 is 5.97 Å². The number of carbonyl (C=O) groups excluding carboxylic acids is 1. The molecular formula is C11H18N2O5. The fraction of sp³-hybridized carbons (Fsp3) is 0.727. The van der Waals surface area contributed by atoms with Crippen molar-refractivity contribution in [2.75, 3.05) is 26.9 Å². The van der Waals surface area contributed by atoms with Gasteiger partial charge in [0.1, 0.15) is 12.6 Å². The number of nitriles is 1. The number of rotatable bonds is 9. The summed E-state index contributed by atoms with van der Waals surface area (Å²) in [6.45, 7) is 1.98. The van der Waals surface area contributed by atoms with Gasteiger partial charge < -0.3 is 19.9 Å². The predicted octanol–water partition coefficient (Wildman–Crippen LogP) is -0.231. The van der Waals surface area contributed by atoms with Gasteiger partial charge in [0.2, 0.25) is 5.91 Å². The molecule has 102 valence electrons. The van der Waals surface area contributed by atoms with Gasteiger partial charge in [0.05, 0.1) is 19.3 Å². The van der Waals surface area contributed by atoms with Crippen molar-refractivity contribution < 1.29 is 24.2 Å². The smallest absolute Gasteiger partial charge is 0.326 e. The van der Waals surface area contributed by atoms with Crippen LogP contribution in [0.3, 0.4) is 0 Å². The third-order valence-electron chi connectivity index (χ3n) is 2.23. The Morgan fingerprint density at radius 2 is 2.11 bits per heavy atom. The summed E-state index contributed by atoms with van der Waals surface area (Å²) in [7, 11) is 1.51. The van der Waals surface area contributed by atoms with Gasteiger partial charge in [0.25, 0.3) is 0 Å². The lowest BCUT2D eigenvalue weighted by Crippen LogP contribution is -2.46. The van der Waals surface area contributed by atoms with Gasteiger partial charge in [-0.3, -0.25) is 4.79 Å². The summed E-state index contributed by atoms with van der Waals surface area (Å²) >= 11 is 0. The molecule has 0 aromatic rings. The molecule has 0 bridgehead atoms. The van der Waals surface area contributed by atoms with Crippen molar-refractivity contribution in [2.45, 2.75) is 19.4 Å². The number of carboxylic acid groups (broad SMARTS) is 1. The maximum atomic E-state index is 11.4. The molecule has 2 atom stereocenters. The van der Waals surface area contributed by atoms with Crippen LogP contribution in [-0.2, 0) is 19.1 Å². The average Bonchev–Trinajstić information content (AvgIpc) is 2.31. The molecule has 0 fully saturated rings. The van der Waals surface area contributed by atoms with Gasteiger partial charge in [0.15, 0.2) is 0 Å². The van der Waals surface area contributed by atoms with Crippen LogP contribution in [0.2, 0.25) is 0 Å². The van der Waals surface area contributed by atoms with Crippen LogP contribution in [0.25, 0.3) is 0 Å². The van der Waals surface area contributed by atoms with Crippen LogP contribution < -0.4 is 5.32 Å². The van der Waals surface area contributed by atoms with Crippen molar-refractivity contribution in [3.8, 4) is 6.07 Å². The summed E-state index contributed by atoms with van der Waals surface area (Å²) in [6, 6.07) is 0.793. The highest BCUT2D eigenvalue weighted by Gasteiger charge is 2.26. The molecule has 0 aliphatic carbocycles. The lowest BCUT2D eigenvalue weighted by Gasteiger charge is -2.19. The minimum absolute atomic E-state index is 0.0573. The van der Waals surface area contributed by atoms with E-state index in [1.165, 1.54) is 7.11 Å². The van der Waals surface area contributed by atoms with Crippen molar-refractivity contribution >= 4 is 11.9 Å². The highest BCUT2D eigenvalue weighted by molar-refractivity contribution is 5.84. The molecule has 0 saturated carbocycles. The monoisotopic (exact) mass is 258 g/mol. The Kier molecular flexibility index (Phi) is 8.53. The second kappa shape index (κ2) is 9.39. The lowest BCUT2D eigenvalue weighted by atomic mass is 9.99. The van der Waals surface area contributed by atoms with Crippen molar-refractivity contribution in [3.63, 3.8) is 0 Å². The molecule has 0 saturated heterocycles. The van der Waals surface area contributed by atoms with E-state index in [-0.39, 0.29) is 19.6 Å². The van der Waals surface area contributed by atoms with Crippen LogP contribution in [-0.4, -0.2) is 50.0 Å². The van der Waals surface area contributed by atoms with Gasteiger partial charge in [0, 0.05) is 19.4 Å². The number of carbonyl (C=O) groups is 2. The molecule has 0 unspecified atom stereocenters. The summed E-state index contributed by atoms with van der Waals surface area (Å²) in [4.78, 5) is 22.3. The Hall–Kier alpha value is -1.65. The zero-order valence-corrected chi connectivity index (χ0v) is 10.5. The van der Waals surface area contributed by atoms with Crippen LogP contribution in [0.4, 0.5) is 0 Å². The van der Waals surface area contributed by atoms with Crippen LogP contribution >= 0.6 is 0 Å². The van der Waals surface area contributed by atoms with E-state index in [4.69, 9.17) is 19.8 Å². The molecular weight excluding hydrogens is 240 g/mol. The number of ether oxygens (including phenoxy) is 2. The first-order valence-electron chi connectivity index (χ1n) is 5.48. The number of hydrogen-bond donors (Lipinski definition) is 2. The fourth-order valence-electron chi connectivity index (χ4n) is 1.23. The number of nitrogens with one attached hydrogen (secondary N) is 1. The number of amides is 1. The van der Waals surface area contributed by atoms with Gasteiger partial charge in [-0.25, -0.2) is 4.79 Å². The molecule has 7 nitrogen and oxygen atoms in total. The number of carboxylic acids is 1. The Labute approximate surface area is 106 Å². The normalized spacial score (nSPS) is 13.4. The zero-order valence-electron chi connectivity index (χ0n) is 10.5. The fourth-order valence-corrected chi connectivity index (χ4v) is 1.23. The second-order valence-corrected chi connectivity index (χ2v) is 3.77. The minimum atomic E-state index is -1.16. The number of hydrogen-bond acceptors (Lipinski definition) is 5. The third kappa shape index (κ3) is 6.83. The van der Waals surface area contributed by atoms with Crippen LogP contribution in [0.1, 0.15) is 13.3 Å². The molecule has 0 heterocycles. The van der Waals surface area contributed by atoms with E-state index >= 15 is 0 Å². The van der Waals surface area contributed by atoms with Gasteiger partial charge in [-0.15, -0.1) is 0 Å². The molecule has 0 rings (SSSR count). The van der Waals surface area contributed by atoms with E-state index in [0.29, 0.717) is 6.61 Å². The van der Waals surface area contributed by atoms with Crippen LogP contribution in [0, 0.1) is 17.2 Å². The average molecular weight is 258 g/mol. The minimum Gasteiger partial charge on any atom is -0.480 e. The summed E-state index contributed by atoms with van der Waals surface area (Å²) < 4.78 is 9.69. The summed E-state index contributed by atoms with van der Waals surface area (Å²) in [6.07, 6.45) is 0.0573. The largest absolute Gasteiger partial charge is 0.480 e. The lowest BCUT2D eigenvalue weighted by molar-refractivity contribution is -0.144. The van der Waals surface area contributed by atoms with Gasteiger partial charge in [-0.2, -0.15) is 5.26 Å². The molecule has 7 heteroatoms. The molecule has 0 aliphatic heterocycles. The van der Waals surface area contributed by atoms with Crippen LogP contribution in [0.5, 0.6) is 0 Å². The summed E-state index contributed by atoms with van der Waals surface area (Å²) in [5.74, 6) is -2.15. The predicted molar refractivity (Wildman–Crippen MR) is 61.7 cm³/mol. The van der Waals surface area contributed by atoms with Gasteiger partial charge in [-0.05, 0) is 0 Å².